The predicted molar refractivity (Wildman–Crippen MR) is 210 cm³/mol. The van der Waals surface area contributed by atoms with E-state index < -0.39 is 17.2 Å². The number of rotatable bonds is 8. The lowest BCUT2D eigenvalue weighted by Crippen LogP contribution is -2.38. The van der Waals surface area contributed by atoms with Gasteiger partial charge in [0.1, 0.15) is 17.6 Å². The van der Waals surface area contributed by atoms with Gasteiger partial charge in [0.05, 0.1) is 45.3 Å². The van der Waals surface area contributed by atoms with Crippen LogP contribution in [0.2, 0.25) is 0 Å². The van der Waals surface area contributed by atoms with Crippen molar-refractivity contribution in [2.45, 2.75) is 135 Å². The fourth-order valence-electron chi connectivity index (χ4n) is 7.81. The van der Waals surface area contributed by atoms with E-state index in [4.69, 9.17) is 14.8 Å². The molecule has 2 aliphatic carbocycles. The second-order valence-electron chi connectivity index (χ2n) is 15.9. The van der Waals surface area contributed by atoms with Crippen molar-refractivity contribution in [2.75, 3.05) is 21.7 Å². The molecule has 2 saturated carbocycles. The standard InChI is InChI=1S/C23H30N4O4.C18H25N3O2/c1-13-21(14(2)31-27-13)15-4-5-17(24-16-8-10-23(3,30)11-9-16)19(12-15)26-22(29)18-6-7-20(28)25-18;1-11-17(12(2)23-21-11)13-4-5-16(15(19)10-13)20-14-6-8-18(3,22)9-7-14/h4-5,12,16,18,24,30H,6-11H2,1-3H3,(H,25,28)(H,26,29);4-5,10,14,20,22H,6-9,19H2,1-3H3/t16?,18-,23?;/m0./s1. The highest BCUT2D eigenvalue weighted by atomic mass is 16.5. The number of carbonyl (C=O) groups is 2. The number of aliphatic hydroxyl groups is 2. The number of aryl methyl sites for hydroxylation is 4. The summed E-state index contributed by atoms with van der Waals surface area (Å²) in [5.74, 6) is 1.19. The zero-order valence-electron chi connectivity index (χ0n) is 32.3. The van der Waals surface area contributed by atoms with E-state index in [1.54, 1.807) is 0 Å². The van der Waals surface area contributed by atoms with E-state index in [1.165, 1.54) is 0 Å². The van der Waals surface area contributed by atoms with Gasteiger partial charge in [-0.2, -0.15) is 0 Å². The largest absolute Gasteiger partial charge is 0.397 e. The molecule has 1 saturated heterocycles. The van der Waals surface area contributed by atoms with Gasteiger partial charge in [-0.15, -0.1) is 0 Å². The minimum absolute atomic E-state index is 0.0998. The molecule has 0 spiro atoms. The summed E-state index contributed by atoms with van der Waals surface area (Å²) in [6.07, 6.45) is 7.59. The molecule has 3 aliphatic rings. The van der Waals surface area contributed by atoms with Gasteiger partial charge >= 0.3 is 0 Å². The Kier molecular flexibility index (Phi) is 11.4. The van der Waals surface area contributed by atoms with E-state index in [0.29, 0.717) is 30.3 Å². The fraction of sp³-hybridized carbons (Fsp3) is 0.512. The van der Waals surface area contributed by atoms with Crippen molar-refractivity contribution in [3.8, 4) is 22.3 Å². The maximum absolute atomic E-state index is 12.8. The highest BCUT2D eigenvalue weighted by Crippen LogP contribution is 2.37. The van der Waals surface area contributed by atoms with Crippen LogP contribution < -0.4 is 27.0 Å². The van der Waals surface area contributed by atoms with Crippen molar-refractivity contribution in [1.82, 2.24) is 15.6 Å². The smallest absolute Gasteiger partial charge is 0.247 e. The Balaban J connectivity index is 0.000000193. The third-order valence-electron chi connectivity index (χ3n) is 11.1. The number of hydrogen-bond donors (Lipinski definition) is 7. The molecule has 13 heteroatoms. The number of nitrogens with one attached hydrogen (secondary N) is 4. The van der Waals surface area contributed by atoms with Crippen LogP contribution >= 0.6 is 0 Å². The Morgan fingerprint density at radius 1 is 0.759 bits per heavy atom. The van der Waals surface area contributed by atoms with Crippen molar-refractivity contribution >= 4 is 34.6 Å². The molecule has 0 bridgehead atoms. The third-order valence-corrected chi connectivity index (χ3v) is 11.1. The molecule has 2 aromatic carbocycles. The summed E-state index contributed by atoms with van der Waals surface area (Å²) in [7, 11) is 0. The minimum Gasteiger partial charge on any atom is -0.397 e. The van der Waals surface area contributed by atoms with Gasteiger partial charge < -0.3 is 46.3 Å². The molecule has 290 valence electrons. The SMILES string of the molecule is Cc1noc(C)c1-c1ccc(NC2CCC(C)(O)CC2)c(N)c1.Cc1noc(C)c1-c1ccc(NC2CCC(C)(O)CC2)c(NC(=O)[C@@H]2CCC(=O)N2)c1. The number of nitrogens with zero attached hydrogens (tertiary/aromatic N) is 2. The average molecular weight is 742 g/mol. The summed E-state index contributed by atoms with van der Waals surface area (Å²) in [6.45, 7) is 11.4. The van der Waals surface area contributed by atoms with Gasteiger partial charge in [-0.3, -0.25) is 9.59 Å². The predicted octanol–water partition coefficient (Wildman–Crippen LogP) is 6.93. The lowest BCUT2D eigenvalue weighted by Gasteiger charge is -2.34. The number of benzene rings is 2. The van der Waals surface area contributed by atoms with Gasteiger partial charge in [0.15, 0.2) is 0 Å². The molecule has 2 aromatic heterocycles. The number of hydrogen-bond acceptors (Lipinski definition) is 11. The molecule has 3 fully saturated rings. The van der Waals surface area contributed by atoms with Crippen LogP contribution in [0, 0.1) is 27.7 Å². The van der Waals surface area contributed by atoms with E-state index >= 15 is 0 Å². The van der Waals surface area contributed by atoms with Gasteiger partial charge in [0.2, 0.25) is 11.8 Å². The first-order valence-electron chi connectivity index (χ1n) is 19.1. The molecule has 54 heavy (non-hydrogen) atoms. The van der Waals surface area contributed by atoms with E-state index in [0.717, 1.165) is 108 Å². The third kappa shape index (κ3) is 9.25. The molecule has 3 heterocycles. The summed E-state index contributed by atoms with van der Waals surface area (Å²) in [5, 5.41) is 41.1. The first-order valence-corrected chi connectivity index (χ1v) is 19.1. The van der Waals surface area contributed by atoms with Crippen LogP contribution in [0.25, 0.3) is 22.3 Å². The highest BCUT2D eigenvalue weighted by Gasteiger charge is 2.31. The summed E-state index contributed by atoms with van der Waals surface area (Å²) in [4.78, 5) is 24.3. The molecule has 8 N–H and O–H groups in total. The molecule has 0 radical (unpaired) electrons. The second-order valence-corrected chi connectivity index (χ2v) is 15.9. The van der Waals surface area contributed by atoms with Gasteiger partial charge in [0.25, 0.3) is 0 Å². The Bertz CT molecular complexity index is 1920. The van der Waals surface area contributed by atoms with Gasteiger partial charge in [-0.05, 0) is 135 Å². The molecular weight excluding hydrogens is 686 g/mol. The Morgan fingerprint density at radius 3 is 1.69 bits per heavy atom. The van der Waals surface area contributed by atoms with Crippen LogP contribution in [0.1, 0.15) is 101 Å². The number of nitrogens with two attached hydrogens (primary N) is 1. The van der Waals surface area contributed by atoms with Crippen LogP contribution in [-0.2, 0) is 9.59 Å². The number of nitrogen functional groups attached to an aromatic ring is 1. The van der Waals surface area contributed by atoms with Crippen LogP contribution in [-0.4, -0.2) is 61.7 Å². The molecule has 2 amide bonds. The zero-order chi connectivity index (χ0) is 38.8. The molecule has 0 unspecified atom stereocenters. The molecule has 4 aromatic rings. The Labute approximate surface area is 316 Å². The van der Waals surface area contributed by atoms with Crippen molar-refractivity contribution in [3.05, 3.63) is 59.3 Å². The quantitative estimate of drug-likeness (QED) is 0.0924. The van der Waals surface area contributed by atoms with E-state index in [-0.39, 0.29) is 17.9 Å². The highest BCUT2D eigenvalue weighted by molar-refractivity contribution is 6.01. The molecule has 13 nitrogen and oxygen atoms in total. The second kappa shape index (κ2) is 15.8. The number of anilines is 4. The van der Waals surface area contributed by atoms with Crippen molar-refractivity contribution in [1.29, 1.82) is 0 Å². The summed E-state index contributed by atoms with van der Waals surface area (Å²) in [5.41, 5.74) is 13.8. The van der Waals surface area contributed by atoms with Crippen molar-refractivity contribution in [3.63, 3.8) is 0 Å². The molecule has 1 aliphatic heterocycles. The number of carbonyl (C=O) groups excluding carboxylic acids is 2. The maximum atomic E-state index is 12.8. The molecule has 7 rings (SSSR count). The Morgan fingerprint density at radius 2 is 1.24 bits per heavy atom. The first-order chi connectivity index (χ1) is 25.6. The average Bonchev–Trinajstić information content (AvgIpc) is 3.81. The zero-order valence-corrected chi connectivity index (χ0v) is 32.3. The summed E-state index contributed by atoms with van der Waals surface area (Å²) in [6, 6.07) is 11.9. The summed E-state index contributed by atoms with van der Waals surface area (Å²) >= 11 is 0. The molecule has 1 atom stereocenters. The van der Waals surface area contributed by atoms with Crippen LogP contribution in [0.15, 0.2) is 45.4 Å². The van der Waals surface area contributed by atoms with E-state index in [1.807, 2.05) is 77.9 Å². The number of aromatic nitrogens is 2. The van der Waals surface area contributed by atoms with E-state index in [2.05, 4.69) is 31.6 Å². The fourth-order valence-corrected chi connectivity index (χ4v) is 7.81. The van der Waals surface area contributed by atoms with Crippen LogP contribution in [0.4, 0.5) is 22.7 Å². The normalized spacial score (nSPS) is 25.3. The van der Waals surface area contributed by atoms with Crippen LogP contribution in [0.3, 0.4) is 0 Å². The lowest BCUT2D eigenvalue weighted by atomic mass is 9.83. The summed E-state index contributed by atoms with van der Waals surface area (Å²) < 4.78 is 10.5. The van der Waals surface area contributed by atoms with Crippen LogP contribution in [0.5, 0.6) is 0 Å². The van der Waals surface area contributed by atoms with Crippen molar-refractivity contribution < 1.29 is 28.8 Å². The molecular formula is C41H55N7O6. The van der Waals surface area contributed by atoms with E-state index in [9.17, 15) is 19.8 Å². The topological polar surface area (TPSA) is 201 Å². The van der Waals surface area contributed by atoms with Gasteiger partial charge in [-0.1, -0.05) is 22.4 Å². The maximum Gasteiger partial charge on any atom is 0.247 e. The van der Waals surface area contributed by atoms with Gasteiger partial charge in [-0.25, -0.2) is 0 Å². The minimum atomic E-state index is -0.608. The Hall–Kier alpha value is -4.88. The van der Waals surface area contributed by atoms with Crippen molar-refractivity contribution in [2.24, 2.45) is 0 Å². The first kappa shape index (κ1) is 38.8. The monoisotopic (exact) mass is 741 g/mol. The number of amides is 2. The van der Waals surface area contributed by atoms with Gasteiger partial charge in [0, 0.05) is 29.6 Å². The lowest BCUT2D eigenvalue weighted by molar-refractivity contribution is -0.122.